The van der Waals surface area contributed by atoms with Crippen LogP contribution in [0.25, 0.3) is 11.3 Å². The van der Waals surface area contributed by atoms with Crippen molar-refractivity contribution in [2.24, 2.45) is 0 Å². The van der Waals surface area contributed by atoms with Gasteiger partial charge in [-0.1, -0.05) is 43.3 Å². The van der Waals surface area contributed by atoms with Crippen LogP contribution in [0.5, 0.6) is 5.88 Å². The summed E-state index contributed by atoms with van der Waals surface area (Å²) in [5.41, 5.74) is 3.51. The minimum atomic E-state index is -0.370. The predicted molar refractivity (Wildman–Crippen MR) is 102 cm³/mol. The van der Waals surface area contributed by atoms with E-state index in [2.05, 4.69) is 32.4 Å². The molecule has 0 bridgehead atoms. The van der Waals surface area contributed by atoms with E-state index < -0.39 is 0 Å². The lowest BCUT2D eigenvalue weighted by molar-refractivity contribution is 0.225. The molecular formula is C19H19N5OS. The Kier molecular flexibility index (Phi) is 4.97. The van der Waals surface area contributed by atoms with Gasteiger partial charge in [-0.05, 0) is 24.6 Å². The Labute approximate surface area is 156 Å². The van der Waals surface area contributed by atoms with Crippen LogP contribution in [0, 0.1) is 0 Å². The summed E-state index contributed by atoms with van der Waals surface area (Å²) in [4.78, 5) is 8.71. The van der Waals surface area contributed by atoms with Crippen molar-refractivity contribution in [3.63, 3.8) is 0 Å². The van der Waals surface area contributed by atoms with Crippen molar-refractivity contribution in [1.82, 2.24) is 20.2 Å². The lowest BCUT2D eigenvalue weighted by Gasteiger charge is -2.19. The summed E-state index contributed by atoms with van der Waals surface area (Å²) in [6, 6.07) is 11.8. The molecule has 4 rings (SSSR count). The van der Waals surface area contributed by atoms with Crippen LogP contribution in [0.2, 0.25) is 0 Å². The molecule has 1 N–H and O–H groups in total. The zero-order chi connectivity index (χ0) is 17.8. The third-order valence-electron chi connectivity index (χ3n) is 4.07. The number of nitrogens with one attached hydrogen (secondary N) is 1. The van der Waals surface area contributed by atoms with Gasteiger partial charge in [0.15, 0.2) is 11.9 Å². The quantitative estimate of drug-likeness (QED) is 0.533. The summed E-state index contributed by atoms with van der Waals surface area (Å²) in [6.45, 7) is 2.17. The smallest absolute Gasteiger partial charge is 0.247 e. The molecule has 0 spiro atoms. The summed E-state index contributed by atoms with van der Waals surface area (Å²) >= 11 is 1.61. The van der Waals surface area contributed by atoms with Gasteiger partial charge in [0.1, 0.15) is 0 Å². The van der Waals surface area contributed by atoms with Crippen molar-refractivity contribution in [3.05, 3.63) is 54.4 Å². The van der Waals surface area contributed by atoms with Crippen molar-refractivity contribution >= 4 is 17.4 Å². The summed E-state index contributed by atoms with van der Waals surface area (Å²) in [6.07, 6.45) is 5.40. The molecule has 6 nitrogen and oxygen atoms in total. The van der Waals surface area contributed by atoms with E-state index in [-0.39, 0.29) is 6.23 Å². The second-order valence-electron chi connectivity index (χ2n) is 5.92. The van der Waals surface area contributed by atoms with Gasteiger partial charge in [-0.15, -0.1) is 10.2 Å². The fourth-order valence-electron chi connectivity index (χ4n) is 2.71. The number of pyridine rings is 1. The highest BCUT2D eigenvalue weighted by Crippen LogP contribution is 2.39. The Balaban J connectivity index is 1.74. The summed E-state index contributed by atoms with van der Waals surface area (Å²) in [5.74, 6) is 1.47. The lowest BCUT2D eigenvalue weighted by Crippen LogP contribution is -2.17. The van der Waals surface area contributed by atoms with E-state index in [4.69, 9.17) is 4.74 Å². The minimum Gasteiger partial charge on any atom is -0.448 e. The molecule has 0 aliphatic carbocycles. The highest BCUT2D eigenvalue weighted by molar-refractivity contribution is 7.99. The number of aromatic nitrogens is 4. The van der Waals surface area contributed by atoms with Crippen LogP contribution < -0.4 is 10.1 Å². The molecule has 0 radical (unpaired) electrons. The molecular weight excluding hydrogens is 346 g/mol. The number of hydrogen-bond donors (Lipinski definition) is 1. The van der Waals surface area contributed by atoms with Gasteiger partial charge in [0, 0.05) is 35.0 Å². The van der Waals surface area contributed by atoms with Crippen LogP contribution in [0.15, 0.2) is 53.9 Å². The maximum Gasteiger partial charge on any atom is 0.247 e. The van der Waals surface area contributed by atoms with Gasteiger partial charge in [0.2, 0.25) is 11.0 Å². The first kappa shape index (κ1) is 16.8. The second-order valence-corrected chi connectivity index (χ2v) is 6.98. The largest absolute Gasteiger partial charge is 0.448 e. The molecule has 1 aliphatic heterocycles. The van der Waals surface area contributed by atoms with Crippen LogP contribution in [-0.2, 0) is 0 Å². The van der Waals surface area contributed by atoms with Crippen molar-refractivity contribution in [1.29, 1.82) is 0 Å². The number of ether oxygens (including phenoxy) is 1. The standard InChI is InChI=1S/C19H19N5OS/c1-2-3-12-26-19-22-18-16(23-24-19)14-6-4-5-7-15(14)21-17(25-18)13-8-10-20-11-9-13/h4-11,17,21H,2-3,12H2,1H3/t17-/m1/s1. The number of fused-ring (bicyclic) bond motifs is 3. The minimum absolute atomic E-state index is 0.370. The van der Waals surface area contributed by atoms with Crippen LogP contribution >= 0.6 is 11.8 Å². The van der Waals surface area contributed by atoms with E-state index >= 15 is 0 Å². The molecule has 7 heteroatoms. The second kappa shape index (κ2) is 7.70. The van der Waals surface area contributed by atoms with Gasteiger partial charge in [0.05, 0.1) is 0 Å². The van der Waals surface area contributed by atoms with Gasteiger partial charge in [-0.3, -0.25) is 4.98 Å². The first-order valence-electron chi connectivity index (χ1n) is 8.65. The van der Waals surface area contributed by atoms with Crippen molar-refractivity contribution < 1.29 is 4.74 Å². The molecule has 132 valence electrons. The van der Waals surface area contributed by atoms with E-state index in [1.54, 1.807) is 24.2 Å². The molecule has 0 amide bonds. The fraction of sp³-hybridized carbons (Fsp3) is 0.263. The van der Waals surface area contributed by atoms with Crippen LogP contribution in [0.4, 0.5) is 5.69 Å². The number of thioether (sulfide) groups is 1. The molecule has 2 aromatic heterocycles. The normalized spacial score (nSPS) is 15.2. The fourth-order valence-corrected chi connectivity index (χ4v) is 3.57. The monoisotopic (exact) mass is 365 g/mol. The van der Waals surface area contributed by atoms with E-state index in [0.717, 1.165) is 35.4 Å². The van der Waals surface area contributed by atoms with E-state index in [1.165, 1.54) is 0 Å². The number of unbranched alkanes of at least 4 members (excludes halogenated alkanes) is 1. The molecule has 3 aromatic rings. The van der Waals surface area contributed by atoms with Gasteiger partial charge in [-0.25, -0.2) is 0 Å². The topological polar surface area (TPSA) is 72.8 Å². The molecule has 0 fully saturated rings. The maximum atomic E-state index is 6.21. The molecule has 26 heavy (non-hydrogen) atoms. The van der Waals surface area contributed by atoms with E-state index in [9.17, 15) is 0 Å². The van der Waals surface area contributed by atoms with Crippen molar-refractivity contribution in [3.8, 4) is 17.1 Å². The summed E-state index contributed by atoms with van der Waals surface area (Å²) in [5, 5.41) is 12.8. The van der Waals surface area contributed by atoms with Gasteiger partial charge in [-0.2, -0.15) is 4.98 Å². The summed E-state index contributed by atoms with van der Waals surface area (Å²) in [7, 11) is 0. The summed E-state index contributed by atoms with van der Waals surface area (Å²) < 4.78 is 6.21. The number of rotatable bonds is 5. The number of para-hydroxylation sites is 1. The number of benzene rings is 1. The predicted octanol–water partition coefficient (Wildman–Crippen LogP) is 4.33. The molecule has 1 aliphatic rings. The Morgan fingerprint density at radius 3 is 2.81 bits per heavy atom. The molecule has 0 saturated heterocycles. The Morgan fingerprint density at radius 2 is 1.96 bits per heavy atom. The Bertz CT molecular complexity index is 890. The first-order valence-corrected chi connectivity index (χ1v) is 9.63. The van der Waals surface area contributed by atoms with Crippen molar-refractivity contribution in [2.75, 3.05) is 11.1 Å². The number of nitrogens with zero attached hydrogens (tertiary/aromatic N) is 4. The van der Waals surface area contributed by atoms with E-state index in [1.807, 2.05) is 36.4 Å². The van der Waals surface area contributed by atoms with Crippen LogP contribution in [-0.4, -0.2) is 25.9 Å². The molecule has 0 unspecified atom stereocenters. The Morgan fingerprint density at radius 1 is 1.12 bits per heavy atom. The third-order valence-corrected chi connectivity index (χ3v) is 5.00. The lowest BCUT2D eigenvalue weighted by atomic mass is 10.1. The van der Waals surface area contributed by atoms with Gasteiger partial charge >= 0.3 is 0 Å². The number of hydrogen-bond acceptors (Lipinski definition) is 7. The zero-order valence-corrected chi connectivity index (χ0v) is 15.2. The average Bonchev–Trinajstić information content (AvgIpc) is 2.85. The first-order chi connectivity index (χ1) is 12.8. The molecule has 3 heterocycles. The molecule has 0 saturated carbocycles. The molecule has 1 aromatic carbocycles. The zero-order valence-electron chi connectivity index (χ0n) is 14.4. The SMILES string of the molecule is CCCCSc1nnc2c(n1)O[C@H](c1ccncc1)Nc1ccccc1-2. The highest BCUT2D eigenvalue weighted by Gasteiger charge is 2.25. The van der Waals surface area contributed by atoms with Gasteiger partial charge in [0.25, 0.3) is 0 Å². The Hall–Kier alpha value is -2.67. The van der Waals surface area contributed by atoms with Crippen LogP contribution in [0.3, 0.4) is 0 Å². The van der Waals surface area contributed by atoms with Crippen molar-refractivity contribution in [2.45, 2.75) is 31.1 Å². The van der Waals surface area contributed by atoms with Gasteiger partial charge < -0.3 is 10.1 Å². The third kappa shape index (κ3) is 3.48. The maximum absolute atomic E-state index is 6.21. The van der Waals surface area contributed by atoms with Crippen LogP contribution in [0.1, 0.15) is 31.6 Å². The van der Waals surface area contributed by atoms with E-state index in [0.29, 0.717) is 16.7 Å². The average molecular weight is 365 g/mol. The highest BCUT2D eigenvalue weighted by atomic mass is 32.2. The molecule has 1 atom stereocenters. The number of anilines is 1.